The van der Waals surface area contributed by atoms with E-state index in [9.17, 15) is 0 Å². The lowest BCUT2D eigenvalue weighted by molar-refractivity contribution is 0.204. The predicted molar refractivity (Wildman–Crippen MR) is 63.3 cm³/mol. The first-order chi connectivity index (χ1) is 6.67. The van der Waals surface area contributed by atoms with E-state index in [1.165, 1.54) is 29.3 Å². The van der Waals surface area contributed by atoms with Gasteiger partial charge in [0.25, 0.3) is 0 Å². The van der Waals surface area contributed by atoms with Crippen molar-refractivity contribution in [3.63, 3.8) is 0 Å². The Balaban J connectivity index is 2.42. The number of hydrogen-bond acceptors (Lipinski definition) is 1. The molecular formula is C12H16BrN. The van der Waals surface area contributed by atoms with Crippen molar-refractivity contribution >= 4 is 15.9 Å². The summed E-state index contributed by atoms with van der Waals surface area (Å²) in [5.74, 6) is 0. The fourth-order valence-corrected chi connectivity index (χ4v) is 3.07. The summed E-state index contributed by atoms with van der Waals surface area (Å²) in [5.41, 5.74) is 7.74. The molecule has 0 aliphatic heterocycles. The van der Waals surface area contributed by atoms with Crippen molar-refractivity contribution in [3.8, 4) is 0 Å². The zero-order chi connectivity index (χ0) is 10.2. The lowest BCUT2D eigenvalue weighted by Crippen LogP contribution is -2.48. The van der Waals surface area contributed by atoms with E-state index < -0.39 is 0 Å². The van der Waals surface area contributed by atoms with E-state index in [4.69, 9.17) is 5.73 Å². The normalized spacial score (nSPS) is 21.4. The average Bonchev–Trinajstić information content (AvgIpc) is 2.05. The van der Waals surface area contributed by atoms with Crippen LogP contribution < -0.4 is 5.73 Å². The second-order valence-corrected chi connectivity index (χ2v) is 5.13. The maximum absolute atomic E-state index is 6.11. The van der Waals surface area contributed by atoms with Gasteiger partial charge in [-0.1, -0.05) is 40.5 Å². The molecule has 2 heteroatoms. The Kier molecular flexibility index (Phi) is 2.67. The molecule has 1 unspecified atom stereocenters. The van der Waals surface area contributed by atoms with Gasteiger partial charge in [0.15, 0.2) is 0 Å². The van der Waals surface area contributed by atoms with Gasteiger partial charge in [-0.05, 0) is 31.4 Å². The molecule has 1 aliphatic rings. The van der Waals surface area contributed by atoms with Crippen molar-refractivity contribution < 1.29 is 0 Å². The highest BCUT2D eigenvalue weighted by atomic mass is 79.9. The Bertz CT molecular complexity index is 329. The van der Waals surface area contributed by atoms with Crippen LogP contribution in [-0.4, -0.2) is 6.04 Å². The van der Waals surface area contributed by atoms with Gasteiger partial charge in [0.2, 0.25) is 0 Å². The zero-order valence-electron chi connectivity index (χ0n) is 8.46. The highest BCUT2D eigenvalue weighted by molar-refractivity contribution is 9.10. The number of rotatable bonds is 2. The van der Waals surface area contributed by atoms with Crippen LogP contribution in [0.3, 0.4) is 0 Å². The van der Waals surface area contributed by atoms with Crippen LogP contribution >= 0.6 is 15.9 Å². The third kappa shape index (κ3) is 1.41. The Morgan fingerprint density at radius 2 is 2.00 bits per heavy atom. The fraction of sp³-hybridized carbons (Fsp3) is 0.500. The van der Waals surface area contributed by atoms with Gasteiger partial charge in [0.05, 0.1) is 0 Å². The van der Waals surface area contributed by atoms with Crippen LogP contribution in [-0.2, 0) is 5.41 Å². The van der Waals surface area contributed by atoms with E-state index in [0.717, 1.165) is 0 Å². The highest BCUT2D eigenvalue weighted by Crippen LogP contribution is 2.47. The maximum Gasteiger partial charge on any atom is 0.0213 e. The highest BCUT2D eigenvalue weighted by Gasteiger charge is 2.42. The Morgan fingerprint density at radius 1 is 1.36 bits per heavy atom. The molecule has 1 nitrogen and oxygen atoms in total. The smallest absolute Gasteiger partial charge is 0.0213 e. The van der Waals surface area contributed by atoms with E-state index in [1.54, 1.807) is 0 Å². The Hall–Kier alpha value is -0.340. The molecule has 2 rings (SSSR count). The number of benzene rings is 1. The number of nitrogens with two attached hydrogens (primary N) is 1. The quantitative estimate of drug-likeness (QED) is 0.861. The maximum atomic E-state index is 6.11. The molecule has 0 saturated heterocycles. The van der Waals surface area contributed by atoms with Crippen molar-refractivity contribution in [1.29, 1.82) is 0 Å². The second kappa shape index (κ2) is 3.67. The lowest BCUT2D eigenvalue weighted by atomic mass is 9.61. The van der Waals surface area contributed by atoms with Gasteiger partial charge < -0.3 is 5.73 Å². The molecule has 2 N–H and O–H groups in total. The van der Waals surface area contributed by atoms with Gasteiger partial charge in [-0.3, -0.25) is 0 Å². The van der Waals surface area contributed by atoms with E-state index in [0.29, 0.717) is 0 Å². The SMILES string of the molecule is CC(N)C1(c2ccccc2Br)CCC1. The van der Waals surface area contributed by atoms with Gasteiger partial charge in [-0.2, -0.15) is 0 Å². The van der Waals surface area contributed by atoms with E-state index >= 15 is 0 Å². The molecule has 14 heavy (non-hydrogen) atoms. The first-order valence-corrected chi connectivity index (χ1v) is 5.97. The third-order valence-electron chi connectivity index (χ3n) is 3.53. The summed E-state index contributed by atoms with van der Waals surface area (Å²) in [6.07, 6.45) is 3.77. The van der Waals surface area contributed by atoms with Crippen LogP contribution in [0.4, 0.5) is 0 Å². The van der Waals surface area contributed by atoms with Gasteiger partial charge in [0, 0.05) is 15.9 Å². The van der Waals surface area contributed by atoms with Crippen LogP contribution in [0, 0.1) is 0 Å². The summed E-state index contributed by atoms with van der Waals surface area (Å²) in [4.78, 5) is 0. The van der Waals surface area contributed by atoms with Crippen molar-refractivity contribution in [1.82, 2.24) is 0 Å². The summed E-state index contributed by atoms with van der Waals surface area (Å²) in [5, 5.41) is 0. The van der Waals surface area contributed by atoms with Crippen molar-refractivity contribution in [2.45, 2.75) is 37.6 Å². The third-order valence-corrected chi connectivity index (χ3v) is 4.22. The molecule has 1 saturated carbocycles. The van der Waals surface area contributed by atoms with Crippen molar-refractivity contribution in [3.05, 3.63) is 34.3 Å². The minimum Gasteiger partial charge on any atom is -0.327 e. The molecule has 1 aliphatic carbocycles. The monoisotopic (exact) mass is 253 g/mol. The molecule has 76 valence electrons. The molecule has 0 amide bonds. The topological polar surface area (TPSA) is 26.0 Å². The summed E-state index contributed by atoms with van der Waals surface area (Å²) < 4.78 is 1.21. The van der Waals surface area contributed by atoms with Crippen molar-refractivity contribution in [2.75, 3.05) is 0 Å². The Morgan fingerprint density at radius 3 is 2.43 bits per heavy atom. The Labute approximate surface area is 93.8 Å². The number of hydrogen-bond donors (Lipinski definition) is 1. The van der Waals surface area contributed by atoms with Crippen LogP contribution in [0.15, 0.2) is 28.7 Å². The van der Waals surface area contributed by atoms with Crippen LogP contribution in [0.5, 0.6) is 0 Å². The van der Waals surface area contributed by atoms with Gasteiger partial charge in [-0.25, -0.2) is 0 Å². The molecule has 0 bridgehead atoms. The molecule has 1 aromatic carbocycles. The van der Waals surface area contributed by atoms with E-state index in [2.05, 4.69) is 47.1 Å². The molecular weight excluding hydrogens is 238 g/mol. The summed E-state index contributed by atoms with van der Waals surface area (Å²) in [6, 6.07) is 8.71. The van der Waals surface area contributed by atoms with E-state index in [1.807, 2.05) is 0 Å². The summed E-state index contributed by atoms with van der Waals surface area (Å²) in [6.45, 7) is 2.12. The molecule has 1 atom stereocenters. The van der Waals surface area contributed by atoms with Gasteiger partial charge in [0.1, 0.15) is 0 Å². The average molecular weight is 254 g/mol. The first kappa shape index (κ1) is 10.2. The number of halogens is 1. The zero-order valence-corrected chi connectivity index (χ0v) is 10.0. The molecule has 1 fully saturated rings. The van der Waals surface area contributed by atoms with Gasteiger partial charge >= 0.3 is 0 Å². The van der Waals surface area contributed by atoms with Crippen LogP contribution in [0.1, 0.15) is 31.7 Å². The largest absolute Gasteiger partial charge is 0.327 e. The summed E-state index contributed by atoms with van der Waals surface area (Å²) >= 11 is 3.62. The minimum absolute atomic E-state index is 0.236. The molecule has 0 heterocycles. The molecule has 0 aromatic heterocycles. The van der Waals surface area contributed by atoms with Crippen molar-refractivity contribution in [2.24, 2.45) is 5.73 Å². The first-order valence-electron chi connectivity index (χ1n) is 5.17. The van der Waals surface area contributed by atoms with Gasteiger partial charge in [-0.15, -0.1) is 0 Å². The minimum atomic E-state index is 0.236. The summed E-state index contributed by atoms with van der Waals surface area (Å²) in [7, 11) is 0. The second-order valence-electron chi connectivity index (χ2n) is 4.28. The molecule has 1 aromatic rings. The standard InChI is InChI=1S/C12H16BrN/c1-9(14)12(7-4-8-12)10-5-2-3-6-11(10)13/h2-3,5-6,9H,4,7-8,14H2,1H3. The molecule has 0 spiro atoms. The van der Waals surface area contributed by atoms with Crippen LogP contribution in [0.2, 0.25) is 0 Å². The van der Waals surface area contributed by atoms with Crippen LogP contribution in [0.25, 0.3) is 0 Å². The predicted octanol–water partition coefficient (Wildman–Crippen LogP) is 3.22. The fourth-order valence-electron chi connectivity index (χ4n) is 2.39. The molecule has 0 radical (unpaired) electrons. The lowest BCUT2D eigenvalue weighted by Gasteiger charge is -2.46. The van der Waals surface area contributed by atoms with E-state index in [-0.39, 0.29) is 11.5 Å².